The molecule has 18 heteroatoms. The molecule has 0 radical (unpaired) electrons. The van der Waals surface area contributed by atoms with E-state index < -0.39 is 21.2 Å². The Morgan fingerprint density at radius 3 is 2.55 bits per heavy atom. The molecular formula is C22H29B3N8O6S. The summed E-state index contributed by atoms with van der Waals surface area (Å²) in [4.78, 5) is 29.7. The van der Waals surface area contributed by atoms with E-state index in [4.69, 9.17) is 9.26 Å². The molecule has 1 saturated carbocycles. The molecule has 3 aromatic rings. The van der Waals surface area contributed by atoms with E-state index in [0.29, 0.717) is 17.0 Å². The summed E-state index contributed by atoms with van der Waals surface area (Å²) in [5.74, 6) is 0.133. The number of nitrogens with one attached hydrogen (secondary N) is 3. The number of hydrogen-bond donors (Lipinski definition) is 3. The summed E-state index contributed by atoms with van der Waals surface area (Å²) in [5.41, 5.74) is 1.19. The van der Waals surface area contributed by atoms with Crippen molar-refractivity contribution in [3.63, 3.8) is 0 Å². The fourth-order valence-electron chi connectivity index (χ4n) is 3.60. The van der Waals surface area contributed by atoms with Crippen LogP contribution in [0, 0.1) is 5.92 Å². The summed E-state index contributed by atoms with van der Waals surface area (Å²) >= 11 is 0. The highest BCUT2D eigenvalue weighted by molar-refractivity contribution is 7.88. The lowest BCUT2D eigenvalue weighted by atomic mass is 9.49. The van der Waals surface area contributed by atoms with Crippen LogP contribution in [0.5, 0.6) is 5.75 Å². The lowest BCUT2D eigenvalue weighted by molar-refractivity contribution is -0.117. The molecule has 0 saturated heterocycles. The number of sulfonamides is 1. The SMILES string of the molecule is BC(B)(B)NC(=O)c1nnc(NC(=O)C2CC2)cc1Nc1cccc(-c2noc(CN(C)S(C)(=O)=O)n2)c1OC. The number of rotatable bonds is 11. The molecule has 208 valence electrons. The van der Waals surface area contributed by atoms with E-state index in [1.807, 2.05) is 23.5 Å². The lowest BCUT2D eigenvalue weighted by Gasteiger charge is -2.21. The van der Waals surface area contributed by atoms with Gasteiger partial charge in [-0.1, -0.05) is 11.2 Å². The molecule has 0 spiro atoms. The molecular weight excluding hydrogens is 537 g/mol. The van der Waals surface area contributed by atoms with Gasteiger partial charge in [0.1, 0.15) is 23.5 Å². The number of nitrogens with zero attached hydrogens (tertiary/aromatic N) is 5. The van der Waals surface area contributed by atoms with Crippen molar-refractivity contribution in [2.45, 2.75) is 24.6 Å². The largest absolute Gasteiger partial charge is 0.494 e. The molecule has 3 N–H and O–H groups in total. The van der Waals surface area contributed by atoms with Crippen molar-refractivity contribution >= 4 is 62.6 Å². The number of amides is 2. The first-order valence-electron chi connectivity index (χ1n) is 12.4. The third kappa shape index (κ3) is 7.18. The summed E-state index contributed by atoms with van der Waals surface area (Å²) in [6.07, 6.45) is 2.72. The Bertz CT molecular complexity index is 1540. The maximum Gasteiger partial charge on any atom is 0.272 e. The van der Waals surface area contributed by atoms with Crippen LogP contribution in [-0.2, 0) is 21.4 Å². The Morgan fingerprint density at radius 2 is 1.93 bits per heavy atom. The van der Waals surface area contributed by atoms with Crippen LogP contribution >= 0.6 is 0 Å². The van der Waals surface area contributed by atoms with Gasteiger partial charge in [0.15, 0.2) is 17.3 Å². The van der Waals surface area contributed by atoms with Gasteiger partial charge in [-0.3, -0.25) is 9.59 Å². The van der Waals surface area contributed by atoms with Crippen molar-refractivity contribution in [3.05, 3.63) is 35.9 Å². The van der Waals surface area contributed by atoms with Gasteiger partial charge in [-0.2, -0.15) is 9.29 Å². The second kappa shape index (κ2) is 11.3. The Labute approximate surface area is 234 Å². The van der Waals surface area contributed by atoms with E-state index in [1.165, 1.54) is 20.2 Å². The topological polar surface area (TPSA) is 182 Å². The molecule has 0 aliphatic heterocycles. The molecule has 2 heterocycles. The zero-order chi connectivity index (χ0) is 29.2. The second-order valence-corrected chi connectivity index (χ2v) is 12.6. The predicted molar refractivity (Wildman–Crippen MR) is 155 cm³/mol. The maximum atomic E-state index is 13.1. The van der Waals surface area contributed by atoms with Gasteiger partial charge in [-0.15, -0.1) is 10.2 Å². The van der Waals surface area contributed by atoms with Crippen LogP contribution in [-0.4, -0.2) is 94.1 Å². The normalized spacial score (nSPS) is 13.6. The molecule has 0 atom stereocenters. The number of anilines is 3. The minimum Gasteiger partial charge on any atom is -0.494 e. The highest BCUT2D eigenvalue weighted by atomic mass is 32.2. The van der Waals surface area contributed by atoms with Gasteiger partial charge in [0.05, 0.1) is 36.8 Å². The summed E-state index contributed by atoms with van der Waals surface area (Å²) in [6, 6.07) is 6.68. The fraction of sp³-hybridized carbons (Fsp3) is 0.364. The van der Waals surface area contributed by atoms with Gasteiger partial charge < -0.3 is 25.2 Å². The number of methoxy groups -OCH3 is 1. The number of hydrogen-bond acceptors (Lipinski definition) is 11. The van der Waals surface area contributed by atoms with Gasteiger partial charge in [0.2, 0.25) is 27.6 Å². The fourth-order valence-corrected chi connectivity index (χ4v) is 3.95. The van der Waals surface area contributed by atoms with Gasteiger partial charge in [-0.05, 0) is 30.2 Å². The lowest BCUT2D eigenvalue weighted by Crippen LogP contribution is -2.50. The summed E-state index contributed by atoms with van der Waals surface area (Å²) in [6.45, 7) is -0.101. The number of benzene rings is 1. The third-order valence-electron chi connectivity index (χ3n) is 5.82. The molecule has 1 aliphatic rings. The first kappa shape index (κ1) is 29.1. The molecule has 0 bridgehead atoms. The number of aromatic nitrogens is 4. The predicted octanol–water partition coefficient (Wildman–Crippen LogP) is -1.74. The quantitative estimate of drug-likeness (QED) is 0.224. The summed E-state index contributed by atoms with van der Waals surface area (Å²) < 4.78 is 35.5. The van der Waals surface area contributed by atoms with Crippen LogP contribution in [0.1, 0.15) is 29.2 Å². The molecule has 1 fully saturated rings. The van der Waals surface area contributed by atoms with Crippen molar-refractivity contribution in [3.8, 4) is 17.1 Å². The summed E-state index contributed by atoms with van der Waals surface area (Å²) in [7, 11) is 4.95. The van der Waals surface area contributed by atoms with Crippen molar-refractivity contribution < 1.29 is 27.3 Å². The van der Waals surface area contributed by atoms with Crippen molar-refractivity contribution in [2.75, 3.05) is 31.0 Å². The number of carbonyl (C=O) groups is 2. The van der Waals surface area contributed by atoms with Crippen LogP contribution in [0.4, 0.5) is 17.2 Å². The first-order chi connectivity index (χ1) is 18.7. The number of para-hydroxylation sites is 1. The summed E-state index contributed by atoms with van der Waals surface area (Å²) in [5, 5.41) is 20.4. The average molecular weight is 566 g/mol. The van der Waals surface area contributed by atoms with Gasteiger partial charge in [-0.25, -0.2) is 8.42 Å². The molecule has 4 rings (SSSR count). The first-order valence-corrected chi connectivity index (χ1v) is 14.3. The van der Waals surface area contributed by atoms with E-state index in [2.05, 4.69) is 36.3 Å². The maximum absolute atomic E-state index is 13.1. The Morgan fingerprint density at radius 1 is 1.20 bits per heavy atom. The number of carbonyl (C=O) groups excluding carboxylic acids is 2. The molecule has 14 nitrogen and oxygen atoms in total. The van der Waals surface area contributed by atoms with E-state index in [0.717, 1.165) is 23.4 Å². The highest BCUT2D eigenvalue weighted by Gasteiger charge is 2.30. The van der Waals surface area contributed by atoms with E-state index >= 15 is 0 Å². The minimum absolute atomic E-state index is 0.0115. The van der Waals surface area contributed by atoms with Crippen LogP contribution in [0.25, 0.3) is 11.4 Å². The van der Waals surface area contributed by atoms with E-state index in [1.54, 1.807) is 18.2 Å². The second-order valence-electron chi connectivity index (χ2n) is 10.5. The van der Waals surface area contributed by atoms with Crippen molar-refractivity contribution in [2.24, 2.45) is 5.92 Å². The highest BCUT2D eigenvalue weighted by Crippen LogP contribution is 2.37. The van der Waals surface area contributed by atoms with Crippen molar-refractivity contribution in [1.82, 2.24) is 30.0 Å². The number of ether oxygens (including phenoxy) is 1. The van der Waals surface area contributed by atoms with Crippen LogP contribution in [0.15, 0.2) is 28.8 Å². The van der Waals surface area contributed by atoms with Crippen LogP contribution in [0.2, 0.25) is 0 Å². The van der Waals surface area contributed by atoms with Crippen LogP contribution < -0.4 is 20.7 Å². The molecule has 0 unspecified atom stereocenters. The Kier molecular flexibility index (Phi) is 8.21. The van der Waals surface area contributed by atoms with Gasteiger partial charge in [0.25, 0.3) is 5.91 Å². The molecule has 1 aromatic carbocycles. The Balaban J connectivity index is 1.68. The zero-order valence-electron chi connectivity index (χ0n) is 23.1. The Hall–Kier alpha value is -3.92. The molecule has 40 heavy (non-hydrogen) atoms. The van der Waals surface area contributed by atoms with Gasteiger partial charge in [0, 0.05) is 19.0 Å². The minimum atomic E-state index is -3.44. The van der Waals surface area contributed by atoms with Crippen molar-refractivity contribution in [1.29, 1.82) is 0 Å². The zero-order valence-corrected chi connectivity index (χ0v) is 23.9. The van der Waals surface area contributed by atoms with Crippen LogP contribution in [0.3, 0.4) is 0 Å². The van der Waals surface area contributed by atoms with Gasteiger partial charge >= 0.3 is 0 Å². The van der Waals surface area contributed by atoms with E-state index in [9.17, 15) is 18.0 Å². The standard InChI is InChI=1S/C22H29B3N8O6S/c1-33(40(3,36)37)10-16-28-19(32-39-16)12-5-4-6-13(18(12)38-2)26-14-9-15(27-20(34)11-7-8-11)30-31-17(14)21(35)29-22(23,24)25/h4-6,9,11H,7-8,10,23-25H2,1-3H3,(H,29,35)(H2,26,27,30,34). The molecule has 2 amide bonds. The smallest absolute Gasteiger partial charge is 0.272 e. The average Bonchev–Trinajstić information content (AvgIpc) is 3.61. The third-order valence-corrected chi connectivity index (χ3v) is 7.08. The van der Waals surface area contributed by atoms with E-state index in [-0.39, 0.29) is 47.3 Å². The monoisotopic (exact) mass is 566 g/mol. The molecule has 1 aliphatic carbocycles. The molecule has 2 aromatic heterocycles.